The highest BCUT2D eigenvalue weighted by Gasteiger charge is 2.24. The average Bonchev–Trinajstić information content (AvgIpc) is 3.15. The number of benzene rings is 2. The molecule has 0 spiro atoms. The van der Waals surface area contributed by atoms with Crippen LogP contribution in [0, 0.1) is 0 Å². The molecule has 23 heavy (non-hydrogen) atoms. The van der Waals surface area contributed by atoms with Crippen molar-refractivity contribution < 1.29 is 9.53 Å². The number of hydrogen-bond acceptors (Lipinski definition) is 3. The lowest BCUT2D eigenvalue weighted by Gasteiger charge is -2.29. The van der Waals surface area contributed by atoms with Crippen molar-refractivity contribution in [2.24, 2.45) is 0 Å². The zero-order valence-corrected chi connectivity index (χ0v) is 12.4. The number of carbonyl (C=O) groups excluding carboxylic acids is 1. The number of carbonyl (C=O) groups is 1. The summed E-state index contributed by atoms with van der Waals surface area (Å²) < 4.78 is 7.36. The number of ether oxygens (including phenoxy) is 1. The van der Waals surface area contributed by atoms with E-state index in [1.54, 1.807) is 15.8 Å². The molecule has 2 heterocycles. The summed E-state index contributed by atoms with van der Waals surface area (Å²) in [7, 11) is 0. The molecule has 0 atom stereocenters. The molecule has 0 aliphatic carbocycles. The molecule has 1 aliphatic heterocycles. The van der Waals surface area contributed by atoms with E-state index in [1.165, 1.54) is 0 Å². The Hall–Kier alpha value is -3.08. The average molecular weight is 305 g/mol. The number of nitrogens with zero attached hydrogens (tertiary/aromatic N) is 3. The van der Waals surface area contributed by atoms with E-state index in [1.807, 2.05) is 60.8 Å². The summed E-state index contributed by atoms with van der Waals surface area (Å²) in [4.78, 5) is 14.6. The number of anilines is 1. The molecule has 114 valence electrons. The number of rotatable bonds is 2. The first-order chi connectivity index (χ1) is 11.3. The fraction of sp³-hybridized carbons (Fsp3) is 0.111. The Kier molecular flexibility index (Phi) is 3.31. The summed E-state index contributed by atoms with van der Waals surface area (Å²) in [6, 6.07) is 16.9. The normalized spacial score (nSPS) is 13.3. The third-order valence-electron chi connectivity index (χ3n) is 3.86. The van der Waals surface area contributed by atoms with E-state index in [-0.39, 0.29) is 5.91 Å². The van der Waals surface area contributed by atoms with E-state index in [0.717, 1.165) is 17.1 Å². The van der Waals surface area contributed by atoms with Crippen LogP contribution in [0.2, 0.25) is 0 Å². The Morgan fingerprint density at radius 2 is 1.87 bits per heavy atom. The van der Waals surface area contributed by atoms with Crippen molar-refractivity contribution in [3.8, 4) is 11.4 Å². The fourth-order valence-electron chi connectivity index (χ4n) is 2.71. The number of fused-ring (bicyclic) bond motifs is 1. The largest absolute Gasteiger partial charge is 0.490 e. The Labute approximate surface area is 133 Å². The smallest absolute Gasteiger partial charge is 0.258 e. The van der Waals surface area contributed by atoms with Crippen molar-refractivity contribution >= 4 is 11.6 Å². The van der Waals surface area contributed by atoms with Gasteiger partial charge in [-0.25, -0.2) is 4.68 Å². The van der Waals surface area contributed by atoms with Gasteiger partial charge in [-0.2, -0.15) is 5.10 Å². The fourth-order valence-corrected chi connectivity index (χ4v) is 2.71. The second-order valence-electron chi connectivity index (χ2n) is 5.27. The second kappa shape index (κ2) is 5.61. The lowest BCUT2D eigenvalue weighted by Crippen LogP contribution is -2.37. The third kappa shape index (κ3) is 2.46. The van der Waals surface area contributed by atoms with Crippen LogP contribution in [0.1, 0.15) is 10.4 Å². The molecule has 3 aromatic rings. The Morgan fingerprint density at radius 3 is 2.65 bits per heavy atom. The summed E-state index contributed by atoms with van der Waals surface area (Å²) in [6.45, 7) is 1.06. The molecule has 2 aromatic carbocycles. The maximum atomic E-state index is 12.8. The number of amides is 1. The van der Waals surface area contributed by atoms with Gasteiger partial charge in [-0.1, -0.05) is 12.1 Å². The van der Waals surface area contributed by atoms with Gasteiger partial charge in [0.25, 0.3) is 5.91 Å². The third-order valence-corrected chi connectivity index (χ3v) is 3.86. The van der Waals surface area contributed by atoms with Gasteiger partial charge < -0.3 is 9.64 Å². The number of hydrogen-bond donors (Lipinski definition) is 0. The van der Waals surface area contributed by atoms with Gasteiger partial charge in [0.05, 0.1) is 17.9 Å². The highest BCUT2D eigenvalue weighted by Crippen LogP contribution is 2.31. The van der Waals surface area contributed by atoms with E-state index >= 15 is 0 Å². The zero-order valence-electron chi connectivity index (χ0n) is 12.4. The van der Waals surface area contributed by atoms with Crippen molar-refractivity contribution in [3.63, 3.8) is 0 Å². The Morgan fingerprint density at radius 1 is 1.04 bits per heavy atom. The zero-order chi connectivity index (χ0) is 15.6. The first-order valence-electron chi connectivity index (χ1n) is 7.47. The van der Waals surface area contributed by atoms with Crippen LogP contribution >= 0.6 is 0 Å². The first kappa shape index (κ1) is 13.6. The molecule has 0 fully saturated rings. The predicted molar refractivity (Wildman–Crippen MR) is 87.2 cm³/mol. The lowest BCUT2D eigenvalue weighted by atomic mass is 10.1. The lowest BCUT2D eigenvalue weighted by molar-refractivity contribution is 0.0976. The van der Waals surface area contributed by atoms with Crippen LogP contribution in [0.5, 0.6) is 5.75 Å². The monoisotopic (exact) mass is 305 g/mol. The summed E-state index contributed by atoms with van der Waals surface area (Å²) in [5.41, 5.74) is 2.39. The van der Waals surface area contributed by atoms with Crippen LogP contribution in [0.25, 0.3) is 5.69 Å². The van der Waals surface area contributed by atoms with Crippen LogP contribution in [0.4, 0.5) is 5.69 Å². The predicted octanol–water partition coefficient (Wildman–Crippen LogP) is 2.91. The topological polar surface area (TPSA) is 47.4 Å². The second-order valence-corrected chi connectivity index (χ2v) is 5.27. The summed E-state index contributed by atoms with van der Waals surface area (Å²) >= 11 is 0. The highest BCUT2D eigenvalue weighted by molar-refractivity contribution is 6.07. The van der Waals surface area contributed by atoms with Gasteiger partial charge in [0, 0.05) is 18.0 Å². The Balaban J connectivity index is 1.63. The van der Waals surface area contributed by atoms with Gasteiger partial charge in [0.15, 0.2) is 0 Å². The van der Waals surface area contributed by atoms with Gasteiger partial charge in [-0.3, -0.25) is 4.79 Å². The molecule has 1 aliphatic rings. The maximum Gasteiger partial charge on any atom is 0.258 e. The molecule has 1 amide bonds. The SMILES string of the molecule is O=C(c1ccc(-n2cccn2)cc1)N1CCOc2ccccc21. The van der Waals surface area contributed by atoms with E-state index in [4.69, 9.17) is 4.74 Å². The molecular weight excluding hydrogens is 290 g/mol. The van der Waals surface area contributed by atoms with Gasteiger partial charge in [0.1, 0.15) is 12.4 Å². The van der Waals surface area contributed by atoms with Crippen molar-refractivity contribution in [3.05, 3.63) is 72.6 Å². The van der Waals surface area contributed by atoms with Crippen molar-refractivity contribution in [1.82, 2.24) is 9.78 Å². The quantitative estimate of drug-likeness (QED) is 0.731. The molecule has 5 heteroatoms. The molecule has 0 saturated carbocycles. The van der Waals surface area contributed by atoms with Gasteiger partial charge >= 0.3 is 0 Å². The number of aromatic nitrogens is 2. The van der Waals surface area contributed by atoms with E-state index in [9.17, 15) is 4.79 Å². The molecule has 0 saturated heterocycles. The van der Waals surface area contributed by atoms with Gasteiger partial charge in [-0.15, -0.1) is 0 Å². The van der Waals surface area contributed by atoms with Crippen LogP contribution < -0.4 is 9.64 Å². The van der Waals surface area contributed by atoms with Crippen molar-refractivity contribution in [2.75, 3.05) is 18.1 Å². The molecular formula is C18H15N3O2. The molecule has 5 nitrogen and oxygen atoms in total. The molecule has 0 N–H and O–H groups in total. The minimum Gasteiger partial charge on any atom is -0.490 e. The molecule has 1 aromatic heterocycles. The van der Waals surface area contributed by atoms with Gasteiger partial charge in [-0.05, 0) is 42.5 Å². The van der Waals surface area contributed by atoms with Crippen LogP contribution in [-0.2, 0) is 0 Å². The molecule has 4 rings (SSSR count). The molecule has 0 radical (unpaired) electrons. The van der Waals surface area contributed by atoms with Crippen molar-refractivity contribution in [1.29, 1.82) is 0 Å². The minimum absolute atomic E-state index is 0.0206. The van der Waals surface area contributed by atoms with Crippen LogP contribution in [-0.4, -0.2) is 28.8 Å². The molecule has 0 bridgehead atoms. The minimum atomic E-state index is -0.0206. The maximum absolute atomic E-state index is 12.8. The summed E-state index contributed by atoms with van der Waals surface area (Å²) in [6.07, 6.45) is 3.60. The van der Waals surface area contributed by atoms with Crippen LogP contribution in [0.3, 0.4) is 0 Å². The Bertz CT molecular complexity index is 826. The van der Waals surface area contributed by atoms with E-state index in [0.29, 0.717) is 18.7 Å². The van der Waals surface area contributed by atoms with Crippen molar-refractivity contribution in [2.45, 2.75) is 0 Å². The van der Waals surface area contributed by atoms with E-state index in [2.05, 4.69) is 5.10 Å². The first-order valence-corrected chi connectivity index (χ1v) is 7.47. The highest BCUT2D eigenvalue weighted by atomic mass is 16.5. The standard InChI is InChI=1S/C18H15N3O2/c22-18(20-12-13-23-17-5-2-1-4-16(17)20)14-6-8-15(9-7-14)21-11-3-10-19-21/h1-11H,12-13H2. The van der Waals surface area contributed by atoms with Gasteiger partial charge in [0.2, 0.25) is 0 Å². The summed E-state index contributed by atoms with van der Waals surface area (Å²) in [5.74, 6) is 0.730. The number of para-hydroxylation sites is 2. The summed E-state index contributed by atoms with van der Waals surface area (Å²) in [5, 5.41) is 4.19. The van der Waals surface area contributed by atoms with E-state index < -0.39 is 0 Å². The van der Waals surface area contributed by atoms with Crippen LogP contribution in [0.15, 0.2) is 67.0 Å². The molecule has 0 unspecified atom stereocenters.